The second kappa shape index (κ2) is 9.24. The maximum Gasteiger partial charge on any atom is 0.257 e. The maximum absolute atomic E-state index is 13.2. The number of pyridine rings is 1. The van der Waals surface area contributed by atoms with E-state index in [1.165, 1.54) is 33.8 Å². The molecule has 2 unspecified atom stereocenters. The molecular formula is C21H21ClN4O4S2. The van der Waals surface area contributed by atoms with Gasteiger partial charge in [0.15, 0.2) is 5.13 Å². The van der Waals surface area contributed by atoms with Gasteiger partial charge < -0.3 is 4.74 Å². The fraction of sp³-hybridized carbons (Fsp3) is 0.286. The number of aromatic nitrogens is 2. The lowest BCUT2D eigenvalue weighted by molar-refractivity contribution is -0.0440. The first-order chi connectivity index (χ1) is 15.2. The summed E-state index contributed by atoms with van der Waals surface area (Å²) in [5.74, 6) is -0.483. The Balaban J connectivity index is 1.56. The number of carbonyl (C=O) groups is 1. The van der Waals surface area contributed by atoms with E-state index in [1.54, 1.807) is 11.6 Å². The molecule has 4 rings (SSSR count). The minimum absolute atomic E-state index is 0.0556. The predicted molar refractivity (Wildman–Crippen MR) is 124 cm³/mol. The Kier molecular flexibility index (Phi) is 6.59. The molecule has 32 heavy (non-hydrogen) atoms. The number of benzene rings is 1. The monoisotopic (exact) mass is 492 g/mol. The summed E-state index contributed by atoms with van der Waals surface area (Å²) in [5.41, 5.74) is 1.50. The quantitative estimate of drug-likeness (QED) is 0.579. The molecule has 3 heterocycles. The summed E-state index contributed by atoms with van der Waals surface area (Å²) in [6, 6.07) is 9.68. The van der Waals surface area contributed by atoms with Crippen molar-refractivity contribution in [3.8, 4) is 11.4 Å². The predicted octanol–water partition coefficient (Wildman–Crippen LogP) is 3.91. The Morgan fingerprint density at radius 1 is 1.19 bits per heavy atom. The van der Waals surface area contributed by atoms with Crippen molar-refractivity contribution in [1.29, 1.82) is 0 Å². The van der Waals surface area contributed by atoms with Crippen LogP contribution in [0.5, 0.6) is 0 Å². The summed E-state index contributed by atoms with van der Waals surface area (Å²) in [4.78, 5) is 21.3. The van der Waals surface area contributed by atoms with Gasteiger partial charge in [-0.1, -0.05) is 17.7 Å². The Morgan fingerprint density at radius 3 is 2.62 bits per heavy atom. The first-order valence-corrected chi connectivity index (χ1v) is 12.6. The average molecular weight is 493 g/mol. The molecule has 2 atom stereocenters. The summed E-state index contributed by atoms with van der Waals surface area (Å²) in [7, 11) is -3.90. The lowest BCUT2D eigenvalue weighted by Crippen LogP contribution is -2.48. The van der Waals surface area contributed by atoms with Gasteiger partial charge in [-0.15, -0.1) is 11.3 Å². The van der Waals surface area contributed by atoms with Crippen molar-refractivity contribution in [3.63, 3.8) is 0 Å². The highest BCUT2D eigenvalue weighted by Crippen LogP contribution is 2.29. The number of rotatable bonds is 5. The van der Waals surface area contributed by atoms with Crippen molar-refractivity contribution in [2.45, 2.75) is 31.0 Å². The topological polar surface area (TPSA) is 101 Å². The normalized spacial score (nSPS) is 19.6. The Bertz CT molecular complexity index is 1220. The highest BCUT2D eigenvalue weighted by atomic mass is 35.5. The molecule has 0 saturated carbocycles. The van der Waals surface area contributed by atoms with Crippen LogP contribution in [0.4, 0.5) is 5.13 Å². The molecule has 0 bridgehead atoms. The van der Waals surface area contributed by atoms with Crippen molar-refractivity contribution in [2.24, 2.45) is 0 Å². The van der Waals surface area contributed by atoms with Gasteiger partial charge in [0.2, 0.25) is 10.0 Å². The Hall–Kier alpha value is -2.37. The van der Waals surface area contributed by atoms with Gasteiger partial charge in [-0.05, 0) is 44.2 Å². The summed E-state index contributed by atoms with van der Waals surface area (Å²) < 4.78 is 33.4. The van der Waals surface area contributed by atoms with E-state index in [1.807, 2.05) is 32.0 Å². The lowest BCUT2D eigenvalue weighted by atomic mass is 10.2. The first-order valence-electron chi connectivity index (χ1n) is 9.87. The number of sulfonamides is 1. The first kappa shape index (κ1) is 22.8. The van der Waals surface area contributed by atoms with Crippen LogP contribution in [0.15, 0.2) is 52.9 Å². The van der Waals surface area contributed by atoms with Gasteiger partial charge in [0.05, 0.1) is 22.9 Å². The average Bonchev–Trinajstić information content (AvgIpc) is 3.22. The third-order valence-corrected chi connectivity index (χ3v) is 7.92. The van der Waals surface area contributed by atoms with Gasteiger partial charge in [0.25, 0.3) is 5.91 Å². The molecule has 1 saturated heterocycles. The fourth-order valence-corrected chi connectivity index (χ4v) is 6.23. The molecule has 1 aromatic carbocycles. The third kappa shape index (κ3) is 4.84. The van der Waals surface area contributed by atoms with Gasteiger partial charge in [-0.3, -0.25) is 15.1 Å². The van der Waals surface area contributed by atoms with E-state index in [4.69, 9.17) is 16.3 Å². The van der Waals surface area contributed by atoms with Crippen LogP contribution in [0.1, 0.15) is 24.2 Å². The van der Waals surface area contributed by atoms with Crippen LogP contribution in [0.25, 0.3) is 11.4 Å². The zero-order valence-corrected chi connectivity index (χ0v) is 19.7. The van der Waals surface area contributed by atoms with Crippen LogP contribution in [0.2, 0.25) is 5.02 Å². The van der Waals surface area contributed by atoms with E-state index in [2.05, 4.69) is 15.3 Å². The molecule has 8 nitrogen and oxygen atoms in total. The number of hydrogen-bond acceptors (Lipinski definition) is 7. The van der Waals surface area contributed by atoms with E-state index in [-0.39, 0.29) is 40.8 Å². The minimum atomic E-state index is -3.90. The van der Waals surface area contributed by atoms with Crippen LogP contribution >= 0.6 is 22.9 Å². The van der Waals surface area contributed by atoms with E-state index >= 15 is 0 Å². The van der Waals surface area contributed by atoms with E-state index in [0.717, 1.165) is 0 Å². The number of hydrogen-bond donors (Lipinski definition) is 1. The van der Waals surface area contributed by atoms with E-state index in [9.17, 15) is 13.2 Å². The van der Waals surface area contributed by atoms with Crippen LogP contribution in [0.3, 0.4) is 0 Å². The van der Waals surface area contributed by atoms with Crippen molar-refractivity contribution in [2.75, 3.05) is 18.4 Å². The number of ether oxygens (including phenoxy) is 1. The molecule has 1 amide bonds. The molecule has 0 radical (unpaired) electrons. The van der Waals surface area contributed by atoms with Crippen LogP contribution < -0.4 is 5.32 Å². The Morgan fingerprint density at radius 2 is 1.94 bits per heavy atom. The fourth-order valence-electron chi connectivity index (χ4n) is 3.44. The van der Waals surface area contributed by atoms with Crippen molar-refractivity contribution < 1.29 is 17.9 Å². The van der Waals surface area contributed by atoms with Crippen LogP contribution in [0, 0.1) is 0 Å². The zero-order valence-electron chi connectivity index (χ0n) is 17.4. The number of thiazole rings is 1. The molecule has 1 fully saturated rings. The molecule has 168 valence electrons. The number of amides is 1. The summed E-state index contributed by atoms with van der Waals surface area (Å²) in [6.45, 7) is 4.07. The van der Waals surface area contributed by atoms with E-state index < -0.39 is 15.9 Å². The number of carbonyl (C=O) groups excluding carboxylic acids is 1. The van der Waals surface area contributed by atoms with Gasteiger partial charge >= 0.3 is 0 Å². The van der Waals surface area contributed by atoms with Gasteiger partial charge in [-0.25, -0.2) is 13.4 Å². The highest BCUT2D eigenvalue weighted by molar-refractivity contribution is 7.89. The number of nitrogens with one attached hydrogen (secondary N) is 1. The van der Waals surface area contributed by atoms with Crippen LogP contribution in [-0.4, -0.2) is 53.9 Å². The van der Waals surface area contributed by atoms with Crippen molar-refractivity contribution in [3.05, 3.63) is 58.6 Å². The van der Waals surface area contributed by atoms with E-state index in [0.29, 0.717) is 16.5 Å². The number of nitrogens with zero attached hydrogens (tertiary/aromatic N) is 3. The smallest absolute Gasteiger partial charge is 0.257 e. The Labute approximate surface area is 195 Å². The summed E-state index contributed by atoms with van der Waals surface area (Å²) in [6.07, 6.45) is 1.19. The number of halogens is 1. The molecule has 1 aliphatic heterocycles. The second-order valence-electron chi connectivity index (χ2n) is 7.43. The second-order valence-corrected chi connectivity index (χ2v) is 10.6. The summed E-state index contributed by atoms with van der Waals surface area (Å²) in [5, 5.41) is 4.93. The summed E-state index contributed by atoms with van der Waals surface area (Å²) >= 11 is 7.48. The maximum atomic E-state index is 13.2. The van der Waals surface area contributed by atoms with Crippen molar-refractivity contribution in [1.82, 2.24) is 14.3 Å². The standard InChI is InChI=1S/C21H21ClN4O4S2/c1-13-10-26(11-14(2)30-13)32(28,29)19-9-15(6-7-16(19)22)20(27)25-21-24-18(12-31-21)17-5-3-4-8-23-17/h3-9,12-14H,10-11H2,1-2H3,(H,24,25,27). The molecule has 2 aromatic heterocycles. The molecule has 1 N–H and O–H groups in total. The zero-order chi connectivity index (χ0) is 22.9. The largest absolute Gasteiger partial charge is 0.373 e. The van der Waals surface area contributed by atoms with Gasteiger partial charge in [0.1, 0.15) is 10.6 Å². The molecule has 3 aromatic rings. The number of morpholine rings is 1. The van der Waals surface area contributed by atoms with Gasteiger partial charge in [0, 0.05) is 30.2 Å². The SMILES string of the molecule is CC1CN(S(=O)(=O)c2cc(C(=O)Nc3nc(-c4ccccn4)cs3)ccc2Cl)CC(C)O1. The third-order valence-electron chi connectivity index (χ3n) is 4.85. The molecule has 11 heteroatoms. The minimum Gasteiger partial charge on any atom is -0.373 e. The van der Waals surface area contributed by atoms with Gasteiger partial charge in [-0.2, -0.15) is 4.31 Å². The molecular weight excluding hydrogens is 472 g/mol. The number of anilines is 1. The molecule has 0 aliphatic carbocycles. The lowest BCUT2D eigenvalue weighted by Gasteiger charge is -2.34. The van der Waals surface area contributed by atoms with Crippen LogP contribution in [-0.2, 0) is 14.8 Å². The highest BCUT2D eigenvalue weighted by Gasteiger charge is 2.34. The molecule has 0 spiro atoms. The molecule has 1 aliphatic rings. The van der Waals surface area contributed by atoms with Crippen molar-refractivity contribution >= 4 is 44.0 Å².